The zero-order valence-electron chi connectivity index (χ0n) is 41.0. The number of carbonyl (C=O) groups excluding carboxylic acids is 3. The topological polar surface area (TPSA) is 190 Å². The van der Waals surface area contributed by atoms with Crippen molar-refractivity contribution >= 4 is 40.1 Å². The predicted molar refractivity (Wildman–Crippen MR) is 279 cm³/mol. The summed E-state index contributed by atoms with van der Waals surface area (Å²) in [5, 5.41) is 21.9. The van der Waals surface area contributed by atoms with Gasteiger partial charge in [0.15, 0.2) is 17.3 Å². The first-order chi connectivity index (χ1) is 34.4. The molecule has 0 atom stereocenters. The van der Waals surface area contributed by atoms with Gasteiger partial charge in [-0.25, -0.2) is 0 Å². The first-order valence-corrected chi connectivity index (χ1v) is 26.7. The Hall–Kier alpha value is -6.49. The molecule has 0 spiro atoms. The van der Waals surface area contributed by atoms with Gasteiger partial charge in [-0.2, -0.15) is 0 Å². The number of carbonyl (C=O) groups is 3. The number of fused-ring (bicyclic) bond motifs is 15. The van der Waals surface area contributed by atoms with Crippen LogP contribution in [0.2, 0.25) is 0 Å². The molecule has 10 aliphatic carbocycles. The molecule has 11 nitrogen and oxygen atoms in total. The number of rotatable bonds is 2. The van der Waals surface area contributed by atoms with Crippen molar-refractivity contribution in [1.82, 2.24) is 0 Å². The van der Waals surface area contributed by atoms with Crippen molar-refractivity contribution in [2.75, 3.05) is 11.5 Å². The van der Waals surface area contributed by atoms with E-state index in [2.05, 4.69) is 18.2 Å². The van der Waals surface area contributed by atoms with Gasteiger partial charge in [-0.15, -0.1) is 0 Å². The van der Waals surface area contributed by atoms with E-state index in [1.807, 2.05) is 6.07 Å². The number of ketones is 3. The summed E-state index contributed by atoms with van der Waals surface area (Å²) in [4.78, 5) is 55.9. The van der Waals surface area contributed by atoms with Gasteiger partial charge in [-0.3, -0.25) is 34.6 Å². The highest BCUT2D eigenvalue weighted by atomic mass is 16.6. The van der Waals surface area contributed by atoms with Crippen LogP contribution >= 0.6 is 0 Å². The number of benzene rings is 5. The molecule has 0 amide bonds. The Morgan fingerprint density at radius 2 is 0.718 bits per heavy atom. The van der Waals surface area contributed by atoms with E-state index in [4.69, 9.17) is 11.5 Å². The van der Waals surface area contributed by atoms with Crippen LogP contribution in [0.3, 0.4) is 0 Å². The normalized spacial score (nSPS) is 18.2. The van der Waals surface area contributed by atoms with Crippen molar-refractivity contribution in [1.29, 1.82) is 0 Å². The second kappa shape index (κ2) is 19.3. The zero-order chi connectivity index (χ0) is 49.1. The molecular weight excluding hydrogens is 889 g/mol. The Morgan fingerprint density at radius 3 is 1.27 bits per heavy atom. The smallest absolute Gasteiger partial charge is 0.280 e. The number of nitrogens with two attached hydrogens (primary N) is 2. The van der Waals surface area contributed by atoms with Crippen LogP contribution in [0, 0.1) is 20.2 Å². The zero-order valence-corrected chi connectivity index (χ0v) is 41.0. The monoisotopic (exact) mass is 954 g/mol. The third-order valence-electron chi connectivity index (χ3n) is 17.5. The number of nitrogens with zero attached hydrogens (tertiary/aromatic N) is 2. The minimum Gasteiger partial charge on any atom is -0.398 e. The molecule has 5 aromatic carbocycles. The number of Topliss-reactive ketones (excluding diaryl/α,β-unsaturated/α-hetero) is 3. The fourth-order valence-corrected chi connectivity index (χ4v) is 14.4. The summed E-state index contributed by atoms with van der Waals surface area (Å²) >= 11 is 0. The van der Waals surface area contributed by atoms with Crippen molar-refractivity contribution in [2.45, 2.75) is 173 Å². The third-order valence-corrected chi connectivity index (χ3v) is 17.5. The summed E-state index contributed by atoms with van der Waals surface area (Å²) in [6.07, 6.45) is 28.9. The van der Waals surface area contributed by atoms with Crippen molar-refractivity contribution in [3.63, 3.8) is 0 Å². The Kier molecular flexibility index (Phi) is 12.7. The second-order valence-corrected chi connectivity index (χ2v) is 21.4. The number of aryl methyl sites for hydroxylation is 4. The van der Waals surface area contributed by atoms with Gasteiger partial charge in [0.2, 0.25) is 0 Å². The molecule has 0 fully saturated rings. The minimum absolute atomic E-state index is 0. The van der Waals surface area contributed by atoms with Gasteiger partial charge < -0.3 is 11.5 Å². The van der Waals surface area contributed by atoms with Crippen molar-refractivity contribution < 1.29 is 25.7 Å². The molecule has 0 saturated heterocycles. The van der Waals surface area contributed by atoms with Crippen LogP contribution in [-0.2, 0) is 109 Å². The average Bonchev–Trinajstić information content (AvgIpc) is 4.18. The van der Waals surface area contributed by atoms with Crippen molar-refractivity contribution in [3.8, 4) is 0 Å². The maximum Gasteiger partial charge on any atom is 0.280 e. The Labute approximate surface area is 417 Å². The first-order valence-electron chi connectivity index (χ1n) is 26.7. The Morgan fingerprint density at radius 1 is 0.338 bits per heavy atom. The summed E-state index contributed by atoms with van der Waals surface area (Å²) in [5.41, 5.74) is 39.7. The molecule has 0 saturated carbocycles. The average molecular weight is 955 g/mol. The predicted octanol–water partition coefficient (Wildman–Crippen LogP) is 11.5. The fraction of sp³-hybridized carbons (Fsp3) is 0.450. The SMILES string of the molecule is Nc1cc2c(c3c1CCC3)CCC2.Nc1cc2c(c3c1CCC3)CCC2.O=C1CCc2c1cc([N+](=O)[O-])c1c2CCC1.O=C1CCc2c1ccc1c2CCC1.O=C1CCc2c3c(cc([N+](=O)[O-])c21)CCC3.[HH]. The van der Waals surface area contributed by atoms with Gasteiger partial charge in [-0.1, -0.05) is 12.1 Å². The second-order valence-electron chi connectivity index (χ2n) is 21.4. The molecule has 0 aliphatic heterocycles. The lowest BCUT2D eigenvalue weighted by atomic mass is 9.98. The number of nitro benzene ring substituents is 2. The summed E-state index contributed by atoms with van der Waals surface area (Å²) < 4.78 is 0. The van der Waals surface area contributed by atoms with E-state index in [1.165, 1.54) is 147 Å². The van der Waals surface area contributed by atoms with Gasteiger partial charge >= 0.3 is 0 Å². The molecule has 15 rings (SSSR count). The van der Waals surface area contributed by atoms with E-state index in [1.54, 1.807) is 28.3 Å². The third kappa shape index (κ3) is 8.56. The number of anilines is 2. The van der Waals surface area contributed by atoms with Crippen LogP contribution < -0.4 is 11.5 Å². The van der Waals surface area contributed by atoms with Crippen LogP contribution in [0.15, 0.2) is 36.4 Å². The quantitative estimate of drug-likeness (QED) is 0.0985. The van der Waals surface area contributed by atoms with E-state index in [-0.39, 0.29) is 29.3 Å². The molecule has 0 bridgehead atoms. The Bertz CT molecular complexity index is 3060. The number of hydrogen-bond acceptors (Lipinski definition) is 9. The molecule has 11 heteroatoms. The summed E-state index contributed by atoms with van der Waals surface area (Å²) in [5.74, 6) is 0.355. The molecule has 71 heavy (non-hydrogen) atoms. The lowest BCUT2D eigenvalue weighted by molar-refractivity contribution is -0.385. The van der Waals surface area contributed by atoms with E-state index in [9.17, 15) is 34.6 Å². The largest absolute Gasteiger partial charge is 0.398 e. The molecule has 0 heterocycles. The highest BCUT2D eigenvalue weighted by Crippen LogP contribution is 2.42. The van der Waals surface area contributed by atoms with Crippen LogP contribution in [0.25, 0.3) is 0 Å². The molecule has 10 aliphatic rings. The summed E-state index contributed by atoms with van der Waals surface area (Å²) in [6, 6.07) is 11.8. The van der Waals surface area contributed by atoms with Gasteiger partial charge in [-0.05, 0) is 255 Å². The summed E-state index contributed by atoms with van der Waals surface area (Å²) in [7, 11) is 0. The number of nitrogen functional groups attached to an aromatic ring is 2. The highest BCUT2D eigenvalue weighted by Gasteiger charge is 2.35. The number of hydrogen-bond donors (Lipinski definition) is 2. The molecule has 0 aromatic heterocycles. The van der Waals surface area contributed by atoms with Crippen LogP contribution in [0.1, 0.15) is 191 Å². The molecule has 4 N–H and O–H groups in total. The highest BCUT2D eigenvalue weighted by molar-refractivity contribution is 6.05. The molecule has 5 aromatic rings. The summed E-state index contributed by atoms with van der Waals surface area (Å²) in [6.45, 7) is 0. The Balaban J connectivity index is 0.000000104. The van der Waals surface area contributed by atoms with Crippen LogP contribution in [0.5, 0.6) is 0 Å². The standard InChI is InChI=1S/2C12H11NO3.2C12H15N.C12H12O.H2/c14-12-5-4-8-7-2-1-3-9(7)11(13(15)16)6-10(8)12;14-11-5-4-9-8-3-1-2-7(8)6-10(12(9)11)13(15)16;2*13-12-7-8-3-1-4-9(8)10-5-2-6-11(10)12;13-12-7-6-10-9-3-1-2-8(9)4-5-11(10)12;/h2*6H,1-5H2;2*7H,1-6,13H2;4-5H,1-3,6-7H2;1H. The maximum absolute atomic E-state index is 11.7. The lowest BCUT2D eigenvalue weighted by Crippen LogP contribution is -2.02. The van der Waals surface area contributed by atoms with Crippen molar-refractivity contribution in [3.05, 3.63) is 168 Å². The minimum atomic E-state index is -0.416. The fourth-order valence-electron chi connectivity index (χ4n) is 14.4. The van der Waals surface area contributed by atoms with Gasteiger partial charge in [0, 0.05) is 60.9 Å². The number of nitro groups is 2. The van der Waals surface area contributed by atoms with E-state index >= 15 is 0 Å². The van der Waals surface area contributed by atoms with Gasteiger partial charge in [0.05, 0.1) is 15.4 Å². The van der Waals surface area contributed by atoms with E-state index in [0.717, 1.165) is 103 Å². The van der Waals surface area contributed by atoms with E-state index < -0.39 is 4.92 Å². The van der Waals surface area contributed by atoms with Gasteiger partial charge in [0.1, 0.15) is 0 Å². The van der Waals surface area contributed by atoms with Crippen LogP contribution in [0.4, 0.5) is 22.7 Å². The molecule has 0 unspecified atom stereocenters. The van der Waals surface area contributed by atoms with Crippen LogP contribution in [-0.4, -0.2) is 27.2 Å². The van der Waals surface area contributed by atoms with Gasteiger partial charge in [0.25, 0.3) is 11.4 Å². The van der Waals surface area contributed by atoms with Crippen molar-refractivity contribution in [2.24, 2.45) is 0 Å². The molecule has 0 radical (unpaired) electrons. The van der Waals surface area contributed by atoms with E-state index in [0.29, 0.717) is 36.2 Å². The maximum atomic E-state index is 11.7. The molecular formula is C60H66N4O7. The molecule has 368 valence electrons. The lowest BCUT2D eigenvalue weighted by Gasteiger charge is -2.10. The first kappa shape index (κ1) is 46.9.